The minimum atomic E-state index is 0.532. The van der Waals surface area contributed by atoms with Crippen LogP contribution in [0.2, 0.25) is 0 Å². The Labute approximate surface area is 80.1 Å². The van der Waals surface area contributed by atoms with Crippen LogP contribution < -0.4 is 11.1 Å². The monoisotopic (exact) mass is 178 g/mol. The molecule has 2 nitrogen and oxygen atoms in total. The largest absolute Gasteiger partial charge is 0.397 e. The lowest BCUT2D eigenvalue weighted by Gasteiger charge is -2.17. The first-order valence-corrected chi connectivity index (χ1v) is 4.89. The molecule has 0 aliphatic heterocycles. The lowest BCUT2D eigenvalue weighted by atomic mass is 10.1. The Morgan fingerprint density at radius 1 is 1.23 bits per heavy atom. The molecule has 0 saturated heterocycles. The zero-order chi connectivity index (χ0) is 9.68. The highest BCUT2D eigenvalue weighted by Gasteiger charge is 2.03. The number of hydrogen-bond donors (Lipinski definition) is 2. The van der Waals surface area contributed by atoms with E-state index in [1.54, 1.807) is 0 Å². The zero-order valence-electron chi connectivity index (χ0n) is 8.38. The predicted molar refractivity (Wildman–Crippen MR) is 58.8 cm³/mol. The third-order valence-corrected chi connectivity index (χ3v) is 2.31. The number of anilines is 2. The molecule has 72 valence electrons. The summed E-state index contributed by atoms with van der Waals surface area (Å²) in [5.41, 5.74) is 7.70. The molecule has 0 radical (unpaired) electrons. The van der Waals surface area contributed by atoms with E-state index in [1.165, 1.54) is 0 Å². The molecule has 0 heterocycles. The van der Waals surface area contributed by atoms with Crippen molar-refractivity contribution >= 4 is 11.4 Å². The minimum absolute atomic E-state index is 0.532. The molecule has 1 aromatic rings. The Kier molecular flexibility index (Phi) is 3.62. The highest BCUT2D eigenvalue weighted by atomic mass is 14.9. The first-order valence-electron chi connectivity index (χ1n) is 4.89. The summed E-state index contributed by atoms with van der Waals surface area (Å²) in [5.74, 6) is 0. The molecule has 0 aliphatic rings. The Balaban J connectivity index is 2.67. The third-order valence-electron chi connectivity index (χ3n) is 2.31. The van der Waals surface area contributed by atoms with Gasteiger partial charge >= 0.3 is 0 Å². The van der Waals surface area contributed by atoms with Crippen LogP contribution in [0.3, 0.4) is 0 Å². The maximum absolute atomic E-state index is 5.82. The van der Waals surface area contributed by atoms with Crippen LogP contribution in [-0.2, 0) is 0 Å². The Morgan fingerprint density at radius 2 is 1.85 bits per heavy atom. The van der Waals surface area contributed by atoms with Crippen molar-refractivity contribution < 1.29 is 0 Å². The number of hydrogen-bond acceptors (Lipinski definition) is 2. The molecular formula is C11H18N2. The summed E-state index contributed by atoms with van der Waals surface area (Å²) in [6, 6.07) is 8.43. The van der Waals surface area contributed by atoms with E-state index in [9.17, 15) is 0 Å². The van der Waals surface area contributed by atoms with E-state index in [-0.39, 0.29) is 0 Å². The maximum atomic E-state index is 5.82. The zero-order valence-corrected chi connectivity index (χ0v) is 8.38. The van der Waals surface area contributed by atoms with Crippen molar-refractivity contribution in [3.05, 3.63) is 24.3 Å². The van der Waals surface area contributed by atoms with Crippen molar-refractivity contribution in [3.63, 3.8) is 0 Å². The molecule has 0 spiro atoms. The second-order valence-electron chi connectivity index (χ2n) is 3.25. The third kappa shape index (κ3) is 2.65. The normalized spacial score (nSPS) is 10.4. The van der Waals surface area contributed by atoms with Gasteiger partial charge < -0.3 is 11.1 Å². The van der Waals surface area contributed by atoms with Crippen LogP contribution in [0.5, 0.6) is 0 Å². The van der Waals surface area contributed by atoms with Crippen LogP contribution in [0.15, 0.2) is 24.3 Å². The Bertz CT molecular complexity index is 254. The van der Waals surface area contributed by atoms with Crippen LogP contribution >= 0.6 is 0 Å². The summed E-state index contributed by atoms with van der Waals surface area (Å²) in [4.78, 5) is 0. The van der Waals surface area contributed by atoms with Crippen molar-refractivity contribution in [2.45, 2.75) is 32.7 Å². The summed E-state index contributed by atoms with van der Waals surface area (Å²) in [6.45, 7) is 4.36. The van der Waals surface area contributed by atoms with Gasteiger partial charge in [-0.2, -0.15) is 0 Å². The van der Waals surface area contributed by atoms with Crippen LogP contribution in [0.1, 0.15) is 26.7 Å². The molecular weight excluding hydrogens is 160 g/mol. The van der Waals surface area contributed by atoms with Crippen molar-refractivity contribution in [2.75, 3.05) is 11.1 Å². The van der Waals surface area contributed by atoms with Crippen LogP contribution in [0.25, 0.3) is 0 Å². The molecule has 0 aliphatic carbocycles. The van der Waals surface area contributed by atoms with Gasteiger partial charge in [-0.25, -0.2) is 0 Å². The molecule has 0 aromatic heterocycles. The Morgan fingerprint density at radius 3 is 2.38 bits per heavy atom. The summed E-state index contributed by atoms with van der Waals surface area (Å²) < 4.78 is 0. The topological polar surface area (TPSA) is 38.0 Å². The Hall–Kier alpha value is -1.18. The van der Waals surface area contributed by atoms with E-state index in [4.69, 9.17) is 5.73 Å². The van der Waals surface area contributed by atoms with E-state index in [1.807, 2.05) is 24.3 Å². The summed E-state index contributed by atoms with van der Waals surface area (Å²) in [5, 5.41) is 3.42. The van der Waals surface area contributed by atoms with Crippen LogP contribution in [-0.4, -0.2) is 6.04 Å². The molecule has 0 amide bonds. The molecule has 0 fully saturated rings. The van der Waals surface area contributed by atoms with E-state index >= 15 is 0 Å². The summed E-state index contributed by atoms with van der Waals surface area (Å²) in [6.07, 6.45) is 2.26. The standard InChI is InChI=1S/C11H18N2/c1-3-9(4-2)13-11-8-6-5-7-10(11)12/h5-9,13H,3-4,12H2,1-2H3. The van der Waals surface area contributed by atoms with E-state index in [0.717, 1.165) is 24.2 Å². The fraction of sp³-hybridized carbons (Fsp3) is 0.455. The quantitative estimate of drug-likeness (QED) is 0.696. The van der Waals surface area contributed by atoms with Gasteiger partial charge in [0.15, 0.2) is 0 Å². The smallest absolute Gasteiger partial charge is 0.0576 e. The summed E-state index contributed by atoms with van der Waals surface area (Å²) >= 11 is 0. The van der Waals surface area contributed by atoms with Gasteiger partial charge in [-0.3, -0.25) is 0 Å². The molecule has 0 saturated carbocycles. The van der Waals surface area contributed by atoms with Crippen molar-refractivity contribution in [1.82, 2.24) is 0 Å². The number of nitrogen functional groups attached to an aromatic ring is 1. The average molecular weight is 178 g/mol. The van der Waals surface area contributed by atoms with Gasteiger partial charge in [0.05, 0.1) is 11.4 Å². The number of rotatable bonds is 4. The predicted octanol–water partition coefficient (Wildman–Crippen LogP) is 2.87. The van der Waals surface area contributed by atoms with Gasteiger partial charge in [0, 0.05) is 6.04 Å². The van der Waals surface area contributed by atoms with Crippen LogP contribution in [0.4, 0.5) is 11.4 Å². The van der Waals surface area contributed by atoms with Gasteiger partial charge in [0.1, 0.15) is 0 Å². The van der Waals surface area contributed by atoms with Crippen molar-refractivity contribution in [2.24, 2.45) is 0 Å². The molecule has 0 unspecified atom stereocenters. The number of para-hydroxylation sites is 2. The highest BCUT2D eigenvalue weighted by molar-refractivity contribution is 5.65. The second kappa shape index (κ2) is 4.75. The summed E-state index contributed by atoms with van der Waals surface area (Å²) in [7, 11) is 0. The van der Waals surface area contributed by atoms with E-state index < -0.39 is 0 Å². The van der Waals surface area contributed by atoms with Gasteiger partial charge in [-0.05, 0) is 25.0 Å². The fourth-order valence-corrected chi connectivity index (χ4v) is 1.34. The first kappa shape index (κ1) is 9.90. The van der Waals surface area contributed by atoms with Crippen molar-refractivity contribution in [3.8, 4) is 0 Å². The minimum Gasteiger partial charge on any atom is -0.397 e. The van der Waals surface area contributed by atoms with Gasteiger partial charge in [0.2, 0.25) is 0 Å². The highest BCUT2D eigenvalue weighted by Crippen LogP contribution is 2.19. The van der Waals surface area contributed by atoms with Gasteiger partial charge in [-0.15, -0.1) is 0 Å². The maximum Gasteiger partial charge on any atom is 0.0576 e. The van der Waals surface area contributed by atoms with E-state index in [2.05, 4.69) is 19.2 Å². The SMILES string of the molecule is CCC(CC)Nc1ccccc1N. The van der Waals surface area contributed by atoms with Crippen LogP contribution in [0, 0.1) is 0 Å². The molecule has 3 N–H and O–H groups in total. The van der Waals surface area contributed by atoms with E-state index in [0.29, 0.717) is 6.04 Å². The number of nitrogens with one attached hydrogen (secondary N) is 1. The van der Waals surface area contributed by atoms with Crippen molar-refractivity contribution in [1.29, 1.82) is 0 Å². The number of nitrogens with two attached hydrogens (primary N) is 1. The lowest BCUT2D eigenvalue weighted by Crippen LogP contribution is -2.17. The molecule has 1 aromatic carbocycles. The first-order chi connectivity index (χ1) is 6.27. The molecule has 0 atom stereocenters. The van der Waals surface area contributed by atoms with Gasteiger partial charge in [-0.1, -0.05) is 26.0 Å². The lowest BCUT2D eigenvalue weighted by molar-refractivity contribution is 0.672. The van der Waals surface area contributed by atoms with Gasteiger partial charge in [0.25, 0.3) is 0 Å². The molecule has 0 bridgehead atoms. The molecule has 2 heteroatoms. The fourth-order valence-electron chi connectivity index (χ4n) is 1.34. The average Bonchev–Trinajstić information content (AvgIpc) is 2.17. The molecule has 13 heavy (non-hydrogen) atoms. The molecule has 1 rings (SSSR count). The number of benzene rings is 1. The second-order valence-corrected chi connectivity index (χ2v) is 3.25.